The van der Waals surface area contributed by atoms with Gasteiger partial charge in [0.2, 0.25) is 5.60 Å². The van der Waals surface area contributed by atoms with Crippen LogP contribution in [0.25, 0.3) is 0 Å². The lowest BCUT2D eigenvalue weighted by molar-refractivity contribution is -0.874. The zero-order valence-electron chi connectivity index (χ0n) is 22.1. The summed E-state index contributed by atoms with van der Waals surface area (Å²) in [6.07, 6.45) is 3.36. The molecule has 204 valence electrons. The molecule has 1 aromatic carbocycles. The largest absolute Gasteiger partial charge is 0.444 e. The molecule has 0 radical (unpaired) electrons. The van der Waals surface area contributed by atoms with Crippen LogP contribution in [0.5, 0.6) is 0 Å². The van der Waals surface area contributed by atoms with Crippen molar-refractivity contribution in [1.82, 2.24) is 10.3 Å². The van der Waals surface area contributed by atoms with Gasteiger partial charge < -0.3 is 20.9 Å². The van der Waals surface area contributed by atoms with E-state index in [-0.39, 0.29) is 29.2 Å². The van der Waals surface area contributed by atoms with Gasteiger partial charge in [-0.1, -0.05) is 23.7 Å². The highest BCUT2D eigenvalue weighted by atomic mass is 35.5. The molecule has 3 amide bonds. The summed E-state index contributed by atoms with van der Waals surface area (Å²) >= 11 is 6.37. The summed E-state index contributed by atoms with van der Waals surface area (Å²) in [6, 6.07) is 9.50. The maximum atomic E-state index is 14.6. The first-order chi connectivity index (χ1) is 17.9. The fourth-order valence-electron chi connectivity index (χ4n) is 5.48. The number of carbonyl (C=O) groups excluding carboxylic acids is 3. The molecule has 0 spiro atoms. The van der Waals surface area contributed by atoms with Gasteiger partial charge in [0.15, 0.2) is 6.04 Å². The van der Waals surface area contributed by atoms with Crippen LogP contribution in [0.2, 0.25) is 5.02 Å². The number of carbonyl (C=O) groups is 3. The Morgan fingerprint density at radius 1 is 1.16 bits per heavy atom. The maximum Gasteiger partial charge on any atom is 0.407 e. The number of hydrogen-bond acceptors (Lipinski definition) is 6. The van der Waals surface area contributed by atoms with E-state index in [2.05, 4.69) is 10.3 Å². The molecule has 4 N–H and O–H groups in total. The molecular weight excluding hydrogens is 508 g/mol. The van der Waals surface area contributed by atoms with Gasteiger partial charge in [-0.2, -0.15) is 0 Å². The van der Waals surface area contributed by atoms with Crippen molar-refractivity contribution in [3.05, 3.63) is 64.4 Å². The van der Waals surface area contributed by atoms with Crippen molar-refractivity contribution in [2.75, 3.05) is 6.54 Å². The molecule has 3 atom stereocenters. The van der Waals surface area contributed by atoms with Crippen molar-refractivity contribution < 1.29 is 28.7 Å². The Bertz CT molecular complexity index is 1210. The number of likely N-dealkylation sites (tertiary alicyclic amines) is 1. The first kappa shape index (κ1) is 28.0. The summed E-state index contributed by atoms with van der Waals surface area (Å²) < 4.78 is 5.02. The van der Waals surface area contributed by atoms with Gasteiger partial charge >= 0.3 is 12.0 Å². The number of quaternary nitrogens is 1. The van der Waals surface area contributed by atoms with Crippen molar-refractivity contribution in [3.63, 3.8) is 0 Å². The number of aromatic nitrogens is 1. The number of nitrogens with zero attached hydrogens (tertiary/aromatic N) is 2. The van der Waals surface area contributed by atoms with Gasteiger partial charge in [-0.3, -0.25) is 9.78 Å². The number of hydrogen-bond donors (Lipinski definition) is 3. The zero-order valence-corrected chi connectivity index (χ0v) is 22.8. The quantitative estimate of drug-likeness (QED) is 0.436. The fourth-order valence-corrected chi connectivity index (χ4v) is 5.68. The Hall–Kier alpha value is -3.01. The van der Waals surface area contributed by atoms with Crippen LogP contribution >= 0.6 is 11.6 Å². The molecule has 9 nitrogen and oxygen atoms in total. The second-order valence-electron chi connectivity index (χ2n) is 11.3. The molecule has 10 heteroatoms. The highest BCUT2D eigenvalue weighted by Crippen LogP contribution is 2.49. The topological polar surface area (TPSA) is 132 Å². The molecule has 38 heavy (non-hydrogen) atoms. The third-order valence-corrected chi connectivity index (χ3v) is 7.59. The third-order valence-electron chi connectivity index (χ3n) is 7.36. The number of ether oxygens (including phenoxy) is 1. The van der Waals surface area contributed by atoms with Crippen molar-refractivity contribution in [3.8, 4) is 0 Å². The van der Waals surface area contributed by atoms with E-state index in [1.807, 2.05) is 0 Å². The molecule has 1 aliphatic heterocycles. The van der Waals surface area contributed by atoms with Crippen LogP contribution in [0.15, 0.2) is 42.6 Å². The van der Waals surface area contributed by atoms with Gasteiger partial charge in [-0.05, 0) is 63.4 Å². The Kier molecular flexibility index (Phi) is 7.84. The number of primary amides is 1. The molecule has 0 bridgehead atoms. The molecular formula is C28H36ClN4O5+. The van der Waals surface area contributed by atoms with Crippen molar-refractivity contribution in [1.29, 1.82) is 0 Å². The molecule has 1 saturated carbocycles. The number of alkyl carbamates (subject to hydrolysis) is 1. The van der Waals surface area contributed by atoms with E-state index in [1.54, 1.807) is 63.4 Å². The van der Waals surface area contributed by atoms with E-state index in [0.717, 1.165) is 0 Å². The van der Waals surface area contributed by atoms with E-state index in [1.165, 1.54) is 0 Å². The molecule has 1 aromatic heterocycles. The van der Waals surface area contributed by atoms with E-state index in [0.29, 0.717) is 48.4 Å². The average Bonchev–Trinajstić information content (AvgIpc) is 3.62. The first-order valence-corrected chi connectivity index (χ1v) is 13.3. The van der Waals surface area contributed by atoms with Gasteiger partial charge in [-0.15, -0.1) is 0 Å². The smallest absolute Gasteiger partial charge is 0.407 e. The Labute approximate surface area is 227 Å². The maximum absolute atomic E-state index is 14.6. The van der Waals surface area contributed by atoms with Crippen LogP contribution < -0.4 is 11.1 Å². The number of amides is 3. The molecule has 1 aliphatic carbocycles. The third kappa shape index (κ3) is 5.70. The van der Waals surface area contributed by atoms with Crippen LogP contribution in [0.4, 0.5) is 4.79 Å². The van der Waals surface area contributed by atoms with Gasteiger partial charge in [0.05, 0.1) is 12.2 Å². The SMILES string of the molecule is CC(C)(C)OC(=O)NCc1ccc(Cl)cc1C[N+]1(C(=O)C(O)(c2ccccn2)C2CC2)CCC[C@H]1C(N)=O. The Balaban J connectivity index is 1.73. The van der Waals surface area contributed by atoms with Crippen molar-refractivity contribution in [2.24, 2.45) is 11.7 Å². The Morgan fingerprint density at radius 2 is 1.89 bits per heavy atom. The van der Waals surface area contributed by atoms with Gasteiger partial charge in [-0.25, -0.2) is 14.1 Å². The number of pyridine rings is 1. The molecule has 2 aromatic rings. The lowest BCUT2D eigenvalue weighted by Crippen LogP contribution is -2.65. The number of halogens is 1. The second kappa shape index (κ2) is 10.6. The van der Waals surface area contributed by atoms with E-state index in [4.69, 9.17) is 22.1 Å². The predicted octanol–water partition coefficient (Wildman–Crippen LogP) is 3.55. The zero-order chi connectivity index (χ0) is 27.7. The number of nitrogens with one attached hydrogen (secondary N) is 1. The van der Waals surface area contributed by atoms with Gasteiger partial charge in [0.25, 0.3) is 5.91 Å². The lowest BCUT2D eigenvalue weighted by Gasteiger charge is -2.41. The summed E-state index contributed by atoms with van der Waals surface area (Å²) in [5, 5.41) is 15.2. The highest BCUT2D eigenvalue weighted by molar-refractivity contribution is 6.30. The van der Waals surface area contributed by atoms with Crippen LogP contribution in [-0.4, -0.2) is 50.7 Å². The van der Waals surface area contributed by atoms with Crippen LogP contribution in [0.3, 0.4) is 0 Å². The standard InChI is InChI=1S/C28H35ClN4O5/c1-27(2,3)38-26(36)32-16-18-9-12-21(29)15-19(18)17-33(14-6-7-22(33)24(30)34)25(35)28(37,20-10-11-20)23-8-4-5-13-31-23/h4-5,8-9,12-13,15,20,22,37H,6-7,10-11,14,16-17H2,1-3H3,(H2-,30,32,34,36)/p+1/t22-,28?,33?/m0/s1. The minimum absolute atomic E-state index is 0.0835. The second-order valence-corrected chi connectivity index (χ2v) is 11.7. The summed E-state index contributed by atoms with van der Waals surface area (Å²) in [5.74, 6) is -1.36. The predicted molar refractivity (Wildman–Crippen MR) is 141 cm³/mol. The van der Waals surface area contributed by atoms with E-state index < -0.39 is 35.2 Å². The minimum atomic E-state index is -1.85. The molecule has 1 saturated heterocycles. The number of rotatable bonds is 8. The van der Waals surface area contributed by atoms with Crippen molar-refractivity contribution in [2.45, 2.75) is 76.8 Å². The summed E-state index contributed by atoms with van der Waals surface area (Å²) in [6.45, 7) is 5.88. The van der Waals surface area contributed by atoms with Crippen molar-refractivity contribution >= 4 is 29.5 Å². The molecule has 2 aliphatic rings. The lowest BCUT2D eigenvalue weighted by atomic mass is 9.88. The van der Waals surface area contributed by atoms with Gasteiger partial charge in [0.1, 0.15) is 12.1 Å². The normalized spacial score (nSPS) is 22.9. The van der Waals surface area contributed by atoms with Gasteiger partial charge in [0, 0.05) is 42.1 Å². The number of nitrogens with two attached hydrogens (primary N) is 1. The fraction of sp³-hybridized carbons (Fsp3) is 0.500. The number of aliphatic hydroxyl groups is 1. The monoisotopic (exact) mass is 543 g/mol. The summed E-state index contributed by atoms with van der Waals surface area (Å²) in [7, 11) is 0. The van der Waals surface area contributed by atoms with Crippen LogP contribution in [-0.2, 0) is 33.0 Å². The Morgan fingerprint density at radius 3 is 2.50 bits per heavy atom. The minimum Gasteiger partial charge on any atom is -0.444 e. The van der Waals surface area contributed by atoms with Crippen LogP contribution in [0.1, 0.15) is 63.3 Å². The van der Waals surface area contributed by atoms with E-state index in [9.17, 15) is 19.5 Å². The molecule has 2 unspecified atom stereocenters. The first-order valence-electron chi connectivity index (χ1n) is 13.0. The van der Waals surface area contributed by atoms with E-state index >= 15 is 0 Å². The number of benzene rings is 1. The molecule has 4 rings (SSSR count). The average molecular weight is 544 g/mol. The van der Waals surface area contributed by atoms with Crippen LogP contribution in [0, 0.1) is 5.92 Å². The highest BCUT2D eigenvalue weighted by Gasteiger charge is 2.64. The molecule has 2 fully saturated rings. The summed E-state index contributed by atoms with van der Waals surface area (Å²) in [4.78, 5) is 43.9. The summed E-state index contributed by atoms with van der Waals surface area (Å²) in [5.41, 5.74) is 5.02. The molecule has 2 heterocycles.